The van der Waals surface area contributed by atoms with Gasteiger partial charge in [-0.05, 0) is 25.0 Å². The molecule has 2 heterocycles. The van der Waals surface area contributed by atoms with E-state index < -0.39 is 21.3 Å². The van der Waals surface area contributed by atoms with Crippen molar-refractivity contribution in [2.45, 2.75) is 24.3 Å². The predicted octanol–water partition coefficient (Wildman–Crippen LogP) is 0.216. The highest BCUT2D eigenvalue weighted by atomic mass is 32.2. The molecule has 1 aliphatic carbocycles. The van der Waals surface area contributed by atoms with Crippen LogP contribution in [0.2, 0.25) is 0 Å². The Morgan fingerprint density at radius 1 is 1.46 bits per heavy atom. The van der Waals surface area contributed by atoms with E-state index in [0.717, 1.165) is 23.6 Å². The number of primary amides is 1. The van der Waals surface area contributed by atoms with Crippen molar-refractivity contribution in [3.63, 3.8) is 0 Å². The number of carbonyl (C=O) groups excluding carboxylic acids is 1. The summed E-state index contributed by atoms with van der Waals surface area (Å²) in [7, 11) is -2.58. The van der Waals surface area contributed by atoms with E-state index in [1.165, 1.54) is 11.6 Å². The minimum absolute atomic E-state index is 0.0687. The topological polar surface area (TPSA) is 118 Å². The first-order valence-electron chi connectivity index (χ1n) is 7.65. The van der Waals surface area contributed by atoms with Crippen LogP contribution < -0.4 is 5.73 Å². The normalized spacial score (nSPS) is 17.1. The number of pyridine rings is 1. The molecule has 2 aromatic heterocycles. The fourth-order valence-corrected chi connectivity index (χ4v) is 4.53. The Balaban J connectivity index is 2.05. The fraction of sp³-hybridized carbons (Fsp3) is 0.467. The number of hydrogen-bond acceptors (Lipinski definition) is 5. The lowest BCUT2D eigenvalue weighted by atomic mass is 9.69. The van der Waals surface area contributed by atoms with Gasteiger partial charge in [0.1, 0.15) is 5.56 Å². The van der Waals surface area contributed by atoms with E-state index in [-0.39, 0.29) is 23.7 Å². The zero-order valence-corrected chi connectivity index (χ0v) is 14.2. The smallest absolute Gasteiger partial charge is 0.263 e. The van der Waals surface area contributed by atoms with Gasteiger partial charge < -0.3 is 10.8 Å². The Morgan fingerprint density at radius 2 is 2.17 bits per heavy atom. The van der Waals surface area contributed by atoms with Gasteiger partial charge in [0.25, 0.3) is 15.9 Å². The third-order valence-electron chi connectivity index (χ3n) is 4.72. The van der Waals surface area contributed by atoms with Gasteiger partial charge in [0, 0.05) is 31.8 Å². The van der Waals surface area contributed by atoms with Gasteiger partial charge in [0.05, 0.1) is 5.52 Å². The van der Waals surface area contributed by atoms with E-state index in [4.69, 9.17) is 5.73 Å². The van der Waals surface area contributed by atoms with Crippen molar-refractivity contribution in [3.8, 4) is 0 Å². The second-order valence-electron chi connectivity index (χ2n) is 6.35. The van der Waals surface area contributed by atoms with E-state index in [0.29, 0.717) is 5.52 Å². The highest BCUT2D eigenvalue weighted by Crippen LogP contribution is 2.41. The van der Waals surface area contributed by atoms with Crippen LogP contribution in [0.25, 0.3) is 5.52 Å². The number of rotatable bonds is 6. The minimum atomic E-state index is -4.01. The Hall–Kier alpha value is -1.97. The van der Waals surface area contributed by atoms with Gasteiger partial charge in [0.2, 0.25) is 5.03 Å². The van der Waals surface area contributed by atoms with Gasteiger partial charge >= 0.3 is 0 Å². The second kappa shape index (κ2) is 5.83. The molecular formula is C15H20N4O4S. The molecule has 3 rings (SSSR count). The standard InChI is InChI=1S/C15H20N4O4S/c1-18(9-15(10-20)6-4-7-15)24(22,23)14-12(13(16)21)11-5-2-3-8-19(11)17-14/h2-3,5,8,20H,4,6-7,9-10H2,1H3,(H2,16,21). The Kier molecular flexibility index (Phi) is 4.10. The quantitative estimate of drug-likeness (QED) is 0.771. The first kappa shape index (κ1) is 16.9. The molecule has 3 N–H and O–H groups in total. The van der Waals surface area contributed by atoms with Crippen LogP contribution in [0.1, 0.15) is 29.6 Å². The number of aliphatic hydroxyl groups is 1. The highest BCUT2D eigenvalue weighted by molar-refractivity contribution is 7.89. The predicted molar refractivity (Wildman–Crippen MR) is 86.9 cm³/mol. The summed E-state index contributed by atoms with van der Waals surface area (Å²) in [5.41, 5.74) is 5.22. The van der Waals surface area contributed by atoms with Crippen molar-refractivity contribution < 1.29 is 18.3 Å². The van der Waals surface area contributed by atoms with Gasteiger partial charge in [-0.25, -0.2) is 12.9 Å². The number of hydrogen-bond donors (Lipinski definition) is 2. The van der Waals surface area contributed by atoms with E-state index in [1.807, 2.05) is 0 Å². The van der Waals surface area contributed by atoms with Crippen LogP contribution in [0.3, 0.4) is 0 Å². The molecule has 0 unspecified atom stereocenters. The molecule has 1 fully saturated rings. The Morgan fingerprint density at radius 3 is 2.71 bits per heavy atom. The molecule has 0 atom stereocenters. The third-order valence-corrected chi connectivity index (χ3v) is 6.44. The first-order valence-corrected chi connectivity index (χ1v) is 9.09. The molecule has 0 aliphatic heterocycles. The lowest BCUT2D eigenvalue weighted by Gasteiger charge is -2.42. The largest absolute Gasteiger partial charge is 0.396 e. The molecule has 2 aromatic rings. The van der Waals surface area contributed by atoms with Gasteiger partial charge in [-0.2, -0.15) is 9.40 Å². The number of nitrogens with zero attached hydrogens (tertiary/aromatic N) is 3. The number of fused-ring (bicyclic) bond motifs is 1. The lowest BCUT2D eigenvalue weighted by molar-refractivity contribution is 0.0310. The highest BCUT2D eigenvalue weighted by Gasteiger charge is 2.41. The van der Waals surface area contributed by atoms with Gasteiger partial charge in [-0.3, -0.25) is 4.79 Å². The Labute approximate surface area is 139 Å². The molecule has 0 aromatic carbocycles. The van der Waals surface area contributed by atoms with Crippen LogP contribution in [0.15, 0.2) is 29.4 Å². The average molecular weight is 352 g/mol. The van der Waals surface area contributed by atoms with Crippen molar-refractivity contribution in [2.75, 3.05) is 20.2 Å². The summed E-state index contributed by atoms with van der Waals surface area (Å²) in [4.78, 5) is 11.8. The summed E-state index contributed by atoms with van der Waals surface area (Å²) < 4.78 is 28.3. The van der Waals surface area contributed by atoms with E-state index in [9.17, 15) is 18.3 Å². The van der Waals surface area contributed by atoms with Crippen LogP contribution in [-0.2, 0) is 10.0 Å². The van der Waals surface area contributed by atoms with Gasteiger partial charge in [0.15, 0.2) is 0 Å². The van der Waals surface area contributed by atoms with Crippen LogP contribution in [0.5, 0.6) is 0 Å². The summed E-state index contributed by atoms with van der Waals surface area (Å²) in [6.07, 6.45) is 4.08. The molecule has 8 nitrogen and oxygen atoms in total. The average Bonchev–Trinajstić information content (AvgIpc) is 2.91. The molecule has 0 radical (unpaired) electrons. The fourth-order valence-electron chi connectivity index (χ4n) is 3.14. The maximum Gasteiger partial charge on any atom is 0.263 e. The van der Waals surface area contributed by atoms with Crippen molar-refractivity contribution in [3.05, 3.63) is 30.0 Å². The molecule has 0 saturated heterocycles. The maximum atomic E-state index is 12.9. The number of aromatic nitrogens is 2. The zero-order chi connectivity index (χ0) is 17.5. The van der Waals surface area contributed by atoms with E-state index in [2.05, 4.69) is 5.10 Å². The zero-order valence-electron chi connectivity index (χ0n) is 13.3. The number of nitrogens with two attached hydrogens (primary N) is 1. The van der Waals surface area contributed by atoms with Crippen LogP contribution in [-0.4, -0.2) is 53.6 Å². The van der Waals surface area contributed by atoms with Gasteiger partial charge in [-0.15, -0.1) is 0 Å². The summed E-state index contributed by atoms with van der Waals surface area (Å²) in [6.45, 7) is 0.110. The van der Waals surface area contributed by atoms with E-state index in [1.54, 1.807) is 24.4 Å². The number of carbonyl (C=O) groups is 1. The molecule has 1 amide bonds. The number of sulfonamides is 1. The number of amides is 1. The number of aliphatic hydroxyl groups excluding tert-OH is 1. The van der Waals surface area contributed by atoms with Crippen LogP contribution >= 0.6 is 0 Å². The second-order valence-corrected chi connectivity index (χ2v) is 8.31. The SMILES string of the molecule is CN(CC1(CO)CCC1)S(=O)(=O)c1nn2ccccc2c1C(N)=O. The maximum absolute atomic E-state index is 12.9. The van der Waals surface area contributed by atoms with Crippen molar-refractivity contribution in [1.82, 2.24) is 13.9 Å². The van der Waals surface area contributed by atoms with Crippen molar-refractivity contribution in [1.29, 1.82) is 0 Å². The molecular weight excluding hydrogens is 332 g/mol. The molecule has 24 heavy (non-hydrogen) atoms. The monoisotopic (exact) mass is 352 g/mol. The molecule has 9 heteroatoms. The summed E-state index contributed by atoms with van der Waals surface area (Å²) in [6, 6.07) is 4.95. The Bertz CT molecular complexity index is 881. The molecule has 0 spiro atoms. The van der Waals surface area contributed by atoms with E-state index >= 15 is 0 Å². The third kappa shape index (κ3) is 2.58. The van der Waals surface area contributed by atoms with Crippen molar-refractivity contribution in [2.24, 2.45) is 11.1 Å². The lowest BCUT2D eigenvalue weighted by Crippen LogP contribution is -2.45. The van der Waals surface area contributed by atoms with Gasteiger partial charge in [-0.1, -0.05) is 12.5 Å². The molecule has 0 bridgehead atoms. The summed E-state index contributed by atoms with van der Waals surface area (Å²) in [5, 5.41) is 13.3. The first-order chi connectivity index (χ1) is 11.3. The van der Waals surface area contributed by atoms with Crippen molar-refractivity contribution >= 4 is 21.4 Å². The molecule has 1 aliphatic rings. The van der Waals surface area contributed by atoms with Crippen LogP contribution in [0, 0.1) is 5.41 Å². The molecule has 130 valence electrons. The summed E-state index contributed by atoms with van der Waals surface area (Å²) in [5.74, 6) is -0.844. The summed E-state index contributed by atoms with van der Waals surface area (Å²) >= 11 is 0. The minimum Gasteiger partial charge on any atom is -0.396 e. The van der Waals surface area contributed by atoms with Crippen LogP contribution in [0.4, 0.5) is 0 Å². The molecule has 1 saturated carbocycles.